The van der Waals surface area contributed by atoms with Crippen LogP contribution < -0.4 is 5.32 Å². The Balaban J connectivity index is 2.31. The molecule has 0 aromatic carbocycles. The molecule has 6 heteroatoms. The van der Waals surface area contributed by atoms with Crippen molar-refractivity contribution in [3.8, 4) is 6.07 Å². The van der Waals surface area contributed by atoms with Crippen molar-refractivity contribution in [3.63, 3.8) is 0 Å². The molecule has 0 radical (unpaired) electrons. The van der Waals surface area contributed by atoms with Crippen LogP contribution >= 0.6 is 0 Å². The molecule has 78 valence electrons. The molecule has 2 rings (SSSR count). The molecule has 1 aliphatic heterocycles. The predicted octanol–water partition coefficient (Wildman–Crippen LogP) is -0.276. The minimum atomic E-state index is -0.645. The number of carbonyl (C=O) groups is 1. The summed E-state index contributed by atoms with van der Waals surface area (Å²) in [4.78, 5) is 10.3. The average Bonchev–Trinajstić information content (AvgIpc) is 2.70. The van der Waals surface area contributed by atoms with Gasteiger partial charge in [0.1, 0.15) is 6.04 Å². The van der Waals surface area contributed by atoms with Gasteiger partial charge in [-0.05, 0) is 0 Å². The van der Waals surface area contributed by atoms with Crippen LogP contribution in [0.4, 0.5) is 0 Å². The lowest BCUT2D eigenvalue weighted by Gasteiger charge is -2.16. The minimum absolute atomic E-state index is 0.439. The maximum Gasteiger partial charge on any atom is 0.208 e. The number of ether oxygens (including phenoxy) is 1. The first-order valence-electron chi connectivity index (χ1n) is 4.58. The third-order valence-corrected chi connectivity index (χ3v) is 2.34. The highest BCUT2D eigenvalue weighted by Crippen LogP contribution is 2.20. The molecule has 0 aliphatic carbocycles. The van der Waals surface area contributed by atoms with Gasteiger partial charge in [-0.1, -0.05) is 0 Å². The van der Waals surface area contributed by atoms with Crippen molar-refractivity contribution >= 4 is 6.41 Å². The van der Waals surface area contributed by atoms with E-state index in [4.69, 9.17) is 10.00 Å². The Morgan fingerprint density at radius 2 is 2.67 bits per heavy atom. The molecular weight excluding hydrogens is 196 g/mol. The van der Waals surface area contributed by atoms with Gasteiger partial charge in [-0.3, -0.25) is 9.48 Å². The van der Waals surface area contributed by atoms with Gasteiger partial charge < -0.3 is 10.1 Å². The van der Waals surface area contributed by atoms with Crippen molar-refractivity contribution in [3.05, 3.63) is 17.5 Å². The largest absolute Gasteiger partial charge is 0.373 e. The summed E-state index contributed by atoms with van der Waals surface area (Å²) in [7, 11) is 0. The average molecular weight is 206 g/mol. The number of nitriles is 1. The van der Waals surface area contributed by atoms with Crippen LogP contribution in [-0.4, -0.2) is 22.8 Å². The van der Waals surface area contributed by atoms with Crippen LogP contribution in [0.25, 0.3) is 0 Å². The number of amides is 1. The minimum Gasteiger partial charge on any atom is -0.373 e. The molecule has 0 saturated heterocycles. The van der Waals surface area contributed by atoms with Gasteiger partial charge in [0.05, 0.1) is 37.7 Å². The van der Waals surface area contributed by atoms with Gasteiger partial charge >= 0.3 is 0 Å². The van der Waals surface area contributed by atoms with Gasteiger partial charge in [-0.25, -0.2) is 0 Å². The second-order valence-electron chi connectivity index (χ2n) is 3.17. The molecule has 0 fully saturated rings. The molecule has 1 amide bonds. The van der Waals surface area contributed by atoms with Crippen molar-refractivity contribution in [2.75, 3.05) is 6.61 Å². The fraction of sp³-hybridized carbons (Fsp3) is 0.444. The van der Waals surface area contributed by atoms with Gasteiger partial charge in [-0.15, -0.1) is 0 Å². The number of rotatable bonds is 3. The number of nitrogens with one attached hydrogen (secondary N) is 1. The van der Waals surface area contributed by atoms with Gasteiger partial charge in [0.2, 0.25) is 6.41 Å². The molecular formula is C9H10N4O2. The lowest BCUT2D eigenvalue weighted by atomic mass is 10.1. The normalized spacial score (nSPS) is 16.2. The zero-order valence-electron chi connectivity index (χ0n) is 8.01. The Morgan fingerprint density at radius 1 is 1.80 bits per heavy atom. The first-order valence-corrected chi connectivity index (χ1v) is 4.58. The summed E-state index contributed by atoms with van der Waals surface area (Å²) in [6.45, 7) is 1.76. The van der Waals surface area contributed by atoms with Crippen LogP contribution in [0, 0.1) is 11.3 Å². The van der Waals surface area contributed by atoms with Gasteiger partial charge in [0.15, 0.2) is 0 Å². The second kappa shape index (κ2) is 4.11. The van der Waals surface area contributed by atoms with Crippen LogP contribution in [0.3, 0.4) is 0 Å². The Kier molecular flexibility index (Phi) is 2.65. The summed E-state index contributed by atoms with van der Waals surface area (Å²) >= 11 is 0. The first-order chi connectivity index (χ1) is 7.36. The van der Waals surface area contributed by atoms with E-state index in [9.17, 15) is 4.79 Å². The van der Waals surface area contributed by atoms with E-state index in [1.807, 2.05) is 6.07 Å². The van der Waals surface area contributed by atoms with E-state index in [1.165, 1.54) is 0 Å². The highest BCUT2D eigenvalue weighted by molar-refractivity contribution is 5.49. The first kappa shape index (κ1) is 9.68. The van der Waals surface area contributed by atoms with E-state index in [0.717, 1.165) is 5.69 Å². The Labute approximate surface area is 86.4 Å². The highest BCUT2D eigenvalue weighted by atomic mass is 16.5. The number of fused-ring (bicyclic) bond motifs is 1. The maximum absolute atomic E-state index is 10.3. The van der Waals surface area contributed by atoms with Gasteiger partial charge in [-0.2, -0.15) is 10.4 Å². The maximum atomic E-state index is 10.3. The molecule has 1 atom stereocenters. The van der Waals surface area contributed by atoms with E-state index in [-0.39, 0.29) is 0 Å². The molecule has 1 unspecified atom stereocenters. The van der Waals surface area contributed by atoms with E-state index < -0.39 is 6.04 Å². The lowest BCUT2D eigenvalue weighted by Crippen LogP contribution is -2.22. The summed E-state index contributed by atoms with van der Waals surface area (Å²) in [6, 6.07) is 1.36. The predicted molar refractivity (Wildman–Crippen MR) is 49.4 cm³/mol. The van der Waals surface area contributed by atoms with Crippen molar-refractivity contribution in [2.45, 2.75) is 19.2 Å². The lowest BCUT2D eigenvalue weighted by molar-refractivity contribution is -0.109. The summed E-state index contributed by atoms with van der Waals surface area (Å²) < 4.78 is 7.08. The molecule has 0 spiro atoms. The Morgan fingerprint density at radius 3 is 3.40 bits per heavy atom. The topological polar surface area (TPSA) is 79.9 Å². The molecule has 0 saturated carbocycles. The van der Waals surface area contributed by atoms with Gasteiger partial charge in [0.25, 0.3) is 0 Å². The third-order valence-electron chi connectivity index (χ3n) is 2.34. The van der Waals surface area contributed by atoms with E-state index >= 15 is 0 Å². The number of nitrogens with zero attached hydrogens (tertiary/aromatic N) is 3. The molecule has 15 heavy (non-hydrogen) atoms. The standard InChI is InChI=1S/C9H10N4O2/c10-3-8(11-6-14)7-4-12-13-1-2-15-5-9(7)13/h4,6,8H,1-2,5H2,(H,11,14). The van der Waals surface area contributed by atoms with Crippen LogP contribution in [-0.2, 0) is 22.7 Å². The zero-order valence-corrected chi connectivity index (χ0v) is 8.01. The molecule has 0 bridgehead atoms. The van der Waals surface area contributed by atoms with Crippen LogP contribution in [0.1, 0.15) is 17.3 Å². The molecule has 1 aromatic heterocycles. The van der Waals surface area contributed by atoms with E-state index in [1.54, 1.807) is 10.9 Å². The van der Waals surface area contributed by atoms with E-state index in [2.05, 4.69) is 10.4 Å². The second-order valence-corrected chi connectivity index (χ2v) is 3.17. The Hall–Kier alpha value is -1.87. The zero-order chi connectivity index (χ0) is 10.7. The quantitative estimate of drug-likeness (QED) is 0.690. The SMILES string of the molecule is N#CC(NC=O)c1cnn2c1COCC2. The summed E-state index contributed by atoms with van der Waals surface area (Å²) in [5.74, 6) is 0. The third kappa shape index (κ3) is 1.69. The van der Waals surface area contributed by atoms with Crippen molar-refractivity contribution in [2.24, 2.45) is 0 Å². The summed E-state index contributed by atoms with van der Waals surface area (Å²) in [5, 5.41) is 15.5. The molecule has 6 nitrogen and oxygen atoms in total. The number of carbonyl (C=O) groups excluding carboxylic acids is 1. The van der Waals surface area contributed by atoms with Crippen LogP contribution in [0.5, 0.6) is 0 Å². The van der Waals surface area contributed by atoms with Gasteiger partial charge in [0, 0.05) is 5.56 Å². The van der Waals surface area contributed by atoms with Crippen LogP contribution in [0.2, 0.25) is 0 Å². The van der Waals surface area contributed by atoms with Crippen molar-refractivity contribution < 1.29 is 9.53 Å². The molecule has 1 N–H and O–H groups in total. The summed E-state index contributed by atoms with van der Waals surface area (Å²) in [6.07, 6.45) is 2.12. The Bertz CT molecular complexity index is 407. The van der Waals surface area contributed by atoms with Crippen LogP contribution in [0.15, 0.2) is 6.20 Å². The number of hydrogen-bond acceptors (Lipinski definition) is 4. The fourth-order valence-corrected chi connectivity index (χ4v) is 1.60. The van der Waals surface area contributed by atoms with Crippen molar-refractivity contribution in [1.82, 2.24) is 15.1 Å². The molecule has 1 aromatic rings. The smallest absolute Gasteiger partial charge is 0.208 e. The number of hydrogen-bond donors (Lipinski definition) is 1. The monoisotopic (exact) mass is 206 g/mol. The molecule has 2 heterocycles. The van der Waals surface area contributed by atoms with Crippen molar-refractivity contribution in [1.29, 1.82) is 5.26 Å². The fourth-order valence-electron chi connectivity index (χ4n) is 1.60. The molecule has 1 aliphatic rings. The van der Waals surface area contributed by atoms with E-state index in [0.29, 0.717) is 31.7 Å². The highest BCUT2D eigenvalue weighted by Gasteiger charge is 2.21. The number of aromatic nitrogens is 2. The summed E-state index contributed by atoms with van der Waals surface area (Å²) in [5.41, 5.74) is 1.58.